The number of carbonyl (C=O) groups is 1. The number of ketones is 1. The molecule has 2 rings (SSSR count). The van der Waals surface area contributed by atoms with Crippen LogP contribution in [0.2, 0.25) is 0 Å². The van der Waals surface area contributed by atoms with E-state index in [0.29, 0.717) is 18.9 Å². The Morgan fingerprint density at radius 3 is 2.85 bits per heavy atom. The number of hydrogen-bond donors (Lipinski definition) is 1. The van der Waals surface area contributed by atoms with E-state index in [9.17, 15) is 4.79 Å². The maximum absolute atomic E-state index is 12.0. The Kier molecular flexibility index (Phi) is 4.65. The van der Waals surface area contributed by atoms with E-state index in [1.54, 1.807) is 0 Å². The van der Waals surface area contributed by atoms with Crippen molar-refractivity contribution >= 4 is 11.5 Å². The Hall–Kier alpha value is -1.55. The molecular formula is C16H24N2O2. The molecule has 0 bridgehead atoms. The highest BCUT2D eigenvalue weighted by molar-refractivity contribution is 5.97. The number of anilines is 1. The molecule has 0 amide bonds. The fourth-order valence-electron chi connectivity index (χ4n) is 2.48. The lowest BCUT2D eigenvalue weighted by Gasteiger charge is -2.37. The minimum Gasteiger partial charge on any atom is -0.486 e. The molecular weight excluding hydrogens is 252 g/mol. The van der Waals surface area contributed by atoms with E-state index in [2.05, 4.69) is 25.7 Å². The van der Waals surface area contributed by atoms with Crippen LogP contribution in [-0.4, -0.2) is 31.5 Å². The zero-order chi connectivity index (χ0) is 14.7. The third-order valence-electron chi connectivity index (χ3n) is 3.80. The quantitative estimate of drug-likeness (QED) is 0.839. The summed E-state index contributed by atoms with van der Waals surface area (Å²) in [7, 11) is 0. The number of nitrogens with two attached hydrogens (primary N) is 1. The molecule has 1 aromatic carbocycles. The minimum atomic E-state index is 0.0948. The van der Waals surface area contributed by atoms with Crippen molar-refractivity contribution < 1.29 is 9.53 Å². The van der Waals surface area contributed by atoms with Crippen LogP contribution in [0.5, 0.6) is 5.75 Å². The van der Waals surface area contributed by atoms with E-state index < -0.39 is 0 Å². The summed E-state index contributed by atoms with van der Waals surface area (Å²) in [6.07, 6.45) is 0.591. The molecule has 0 radical (unpaired) electrons. The second-order valence-electron chi connectivity index (χ2n) is 5.58. The molecule has 0 aromatic heterocycles. The van der Waals surface area contributed by atoms with Crippen molar-refractivity contribution in [2.45, 2.75) is 33.3 Å². The number of Topliss-reactive ketones (excluding diaryl/α,β-unsaturated/α-hetero) is 1. The number of fused-ring (bicyclic) bond motifs is 1. The molecule has 0 saturated heterocycles. The summed E-state index contributed by atoms with van der Waals surface area (Å²) < 4.78 is 6.04. The van der Waals surface area contributed by atoms with Crippen molar-refractivity contribution in [3.8, 4) is 5.75 Å². The van der Waals surface area contributed by atoms with Crippen molar-refractivity contribution in [2.75, 3.05) is 24.5 Å². The number of hydrogen-bond acceptors (Lipinski definition) is 4. The van der Waals surface area contributed by atoms with Gasteiger partial charge in [0.05, 0.1) is 12.2 Å². The van der Waals surface area contributed by atoms with Gasteiger partial charge in [-0.1, -0.05) is 13.8 Å². The Bertz CT molecular complexity index is 485. The van der Waals surface area contributed by atoms with Gasteiger partial charge in [0, 0.05) is 18.5 Å². The van der Waals surface area contributed by atoms with Gasteiger partial charge in [0.25, 0.3) is 0 Å². The van der Waals surface area contributed by atoms with Gasteiger partial charge in [0.1, 0.15) is 11.9 Å². The Morgan fingerprint density at radius 2 is 2.25 bits per heavy atom. The van der Waals surface area contributed by atoms with E-state index in [1.807, 2.05) is 18.2 Å². The second kappa shape index (κ2) is 6.27. The monoisotopic (exact) mass is 276 g/mol. The molecule has 1 aromatic rings. The topological polar surface area (TPSA) is 55.6 Å². The number of benzene rings is 1. The molecule has 0 saturated carbocycles. The fourth-order valence-corrected chi connectivity index (χ4v) is 2.48. The first-order chi connectivity index (χ1) is 9.56. The molecule has 1 aliphatic rings. The average Bonchev–Trinajstić information content (AvgIpc) is 2.45. The predicted octanol–water partition coefficient (Wildman–Crippen LogP) is 2.46. The summed E-state index contributed by atoms with van der Waals surface area (Å²) >= 11 is 0. The summed E-state index contributed by atoms with van der Waals surface area (Å²) in [5, 5.41) is 0. The van der Waals surface area contributed by atoms with Crippen LogP contribution in [0.3, 0.4) is 0 Å². The summed E-state index contributed by atoms with van der Waals surface area (Å²) in [5.41, 5.74) is 7.20. The van der Waals surface area contributed by atoms with Gasteiger partial charge in [-0.3, -0.25) is 4.79 Å². The molecule has 1 heterocycles. The van der Waals surface area contributed by atoms with Crippen LogP contribution in [0.1, 0.15) is 37.6 Å². The Balaban J connectivity index is 2.31. The SMILES string of the molecule is CCN1CC(C(C)C)Oc2ccc(C(=O)CCN)cc21. The summed E-state index contributed by atoms with van der Waals surface area (Å²) in [4.78, 5) is 14.2. The van der Waals surface area contributed by atoms with Gasteiger partial charge in [-0.05, 0) is 37.6 Å². The molecule has 20 heavy (non-hydrogen) atoms. The van der Waals surface area contributed by atoms with Gasteiger partial charge in [-0.15, -0.1) is 0 Å². The lowest BCUT2D eigenvalue weighted by molar-refractivity contribution is 0.0985. The van der Waals surface area contributed by atoms with Crippen molar-refractivity contribution in [3.05, 3.63) is 23.8 Å². The summed E-state index contributed by atoms with van der Waals surface area (Å²) in [6.45, 7) is 8.63. The normalized spacial score (nSPS) is 17.9. The molecule has 4 heteroatoms. The second-order valence-corrected chi connectivity index (χ2v) is 5.58. The van der Waals surface area contributed by atoms with Gasteiger partial charge in [-0.25, -0.2) is 0 Å². The molecule has 1 unspecified atom stereocenters. The fraction of sp³-hybridized carbons (Fsp3) is 0.562. The highest BCUT2D eigenvalue weighted by Crippen LogP contribution is 2.35. The lowest BCUT2D eigenvalue weighted by atomic mass is 10.0. The zero-order valence-electron chi connectivity index (χ0n) is 12.6. The molecule has 1 atom stereocenters. The van der Waals surface area contributed by atoms with Gasteiger partial charge in [0.2, 0.25) is 0 Å². The standard InChI is InChI=1S/C16H24N2O2/c1-4-18-10-16(11(2)3)20-15-6-5-12(9-13(15)18)14(19)7-8-17/h5-6,9,11,16H,4,7-8,10,17H2,1-3H3. The molecule has 4 nitrogen and oxygen atoms in total. The van der Waals surface area contributed by atoms with Crippen LogP contribution in [0.4, 0.5) is 5.69 Å². The third kappa shape index (κ3) is 2.96. The number of carbonyl (C=O) groups excluding carboxylic acids is 1. The van der Waals surface area contributed by atoms with Crippen molar-refractivity contribution in [3.63, 3.8) is 0 Å². The van der Waals surface area contributed by atoms with Crippen molar-refractivity contribution in [1.82, 2.24) is 0 Å². The van der Waals surface area contributed by atoms with Crippen LogP contribution in [0.25, 0.3) is 0 Å². The van der Waals surface area contributed by atoms with Crippen LogP contribution in [0, 0.1) is 5.92 Å². The third-order valence-corrected chi connectivity index (χ3v) is 3.80. The van der Waals surface area contributed by atoms with E-state index in [0.717, 1.165) is 30.1 Å². The maximum atomic E-state index is 12.0. The zero-order valence-corrected chi connectivity index (χ0v) is 12.6. The molecule has 1 aliphatic heterocycles. The Labute approximate surface area is 120 Å². The summed E-state index contributed by atoms with van der Waals surface area (Å²) in [6, 6.07) is 5.69. The number of nitrogens with zero attached hydrogens (tertiary/aromatic N) is 1. The highest BCUT2D eigenvalue weighted by Gasteiger charge is 2.27. The van der Waals surface area contributed by atoms with Crippen LogP contribution in [-0.2, 0) is 0 Å². The first-order valence-electron chi connectivity index (χ1n) is 7.35. The first-order valence-corrected chi connectivity index (χ1v) is 7.35. The smallest absolute Gasteiger partial charge is 0.164 e. The molecule has 2 N–H and O–H groups in total. The summed E-state index contributed by atoms with van der Waals surface area (Å²) in [5.74, 6) is 1.44. The highest BCUT2D eigenvalue weighted by atomic mass is 16.5. The van der Waals surface area contributed by atoms with E-state index in [-0.39, 0.29) is 11.9 Å². The van der Waals surface area contributed by atoms with E-state index >= 15 is 0 Å². The number of ether oxygens (including phenoxy) is 1. The van der Waals surface area contributed by atoms with Crippen molar-refractivity contribution in [2.24, 2.45) is 11.7 Å². The minimum absolute atomic E-state index is 0.0948. The molecule has 0 fully saturated rings. The van der Waals surface area contributed by atoms with Crippen LogP contribution < -0.4 is 15.4 Å². The van der Waals surface area contributed by atoms with Gasteiger partial charge >= 0.3 is 0 Å². The first kappa shape index (κ1) is 14.9. The van der Waals surface area contributed by atoms with Crippen LogP contribution in [0.15, 0.2) is 18.2 Å². The van der Waals surface area contributed by atoms with Gasteiger partial charge in [0.15, 0.2) is 5.78 Å². The van der Waals surface area contributed by atoms with E-state index in [4.69, 9.17) is 10.5 Å². The number of rotatable bonds is 5. The largest absolute Gasteiger partial charge is 0.486 e. The molecule has 0 spiro atoms. The Morgan fingerprint density at radius 1 is 1.50 bits per heavy atom. The molecule has 110 valence electrons. The molecule has 0 aliphatic carbocycles. The number of likely N-dealkylation sites (N-methyl/N-ethyl adjacent to an activating group) is 1. The van der Waals surface area contributed by atoms with E-state index in [1.165, 1.54) is 0 Å². The van der Waals surface area contributed by atoms with Crippen LogP contribution >= 0.6 is 0 Å². The lowest BCUT2D eigenvalue weighted by Crippen LogP contribution is -2.42. The maximum Gasteiger partial charge on any atom is 0.164 e. The van der Waals surface area contributed by atoms with Gasteiger partial charge in [-0.2, -0.15) is 0 Å². The van der Waals surface area contributed by atoms with Crippen molar-refractivity contribution in [1.29, 1.82) is 0 Å². The predicted molar refractivity (Wildman–Crippen MR) is 81.6 cm³/mol. The average molecular weight is 276 g/mol. The van der Waals surface area contributed by atoms with Gasteiger partial charge < -0.3 is 15.4 Å².